The number of rotatable bonds is 5. The van der Waals surface area contributed by atoms with Crippen LogP contribution in [0, 0.1) is 6.92 Å². The van der Waals surface area contributed by atoms with Gasteiger partial charge in [-0.1, -0.05) is 23.7 Å². The van der Waals surface area contributed by atoms with E-state index < -0.39 is 0 Å². The van der Waals surface area contributed by atoms with E-state index in [0.29, 0.717) is 27.9 Å². The van der Waals surface area contributed by atoms with Crippen LogP contribution in [-0.2, 0) is 0 Å². The van der Waals surface area contributed by atoms with Crippen molar-refractivity contribution in [3.05, 3.63) is 89.2 Å². The van der Waals surface area contributed by atoms with E-state index in [1.165, 1.54) is 0 Å². The molecule has 0 aliphatic rings. The second kappa shape index (κ2) is 8.12. The van der Waals surface area contributed by atoms with E-state index in [-0.39, 0.29) is 5.91 Å². The summed E-state index contributed by atoms with van der Waals surface area (Å²) in [4.78, 5) is 12.3. The third-order valence-corrected chi connectivity index (χ3v) is 4.47. The Kier molecular flexibility index (Phi) is 5.22. The fourth-order valence-electron chi connectivity index (χ4n) is 2.69. The molecule has 144 valence electrons. The summed E-state index contributed by atoms with van der Waals surface area (Å²) in [5, 5.41) is 19.1. The first-order chi connectivity index (χ1) is 14.1. The molecule has 8 heteroatoms. The zero-order chi connectivity index (χ0) is 20.2. The smallest absolute Gasteiger partial charge is 0.257 e. The Morgan fingerprint density at radius 1 is 0.931 bits per heavy atom. The molecular formula is C21H17ClN6O. The van der Waals surface area contributed by atoms with Gasteiger partial charge < -0.3 is 10.6 Å². The highest BCUT2D eigenvalue weighted by Gasteiger charge is 2.09. The number of carbonyl (C=O) groups is 1. The number of carbonyl (C=O) groups excluding carboxylic acids is 1. The molecular weight excluding hydrogens is 388 g/mol. The monoisotopic (exact) mass is 404 g/mol. The number of nitrogens with one attached hydrogen (secondary N) is 2. The minimum atomic E-state index is -0.258. The summed E-state index contributed by atoms with van der Waals surface area (Å²) in [7, 11) is 0. The standard InChI is InChI=1S/C21H17ClN6O/c1-14-12-13-28(27-14)20-11-10-19(25-26-20)23-15-6-8-16(9-7-15)24-21(29)17-4-2-3-5-18(17)22/h2-13H,1H3,(H,23,25)(H,24,29). The Hall–Kier alpha value is -3.71. The van der Waals surface area contributed by atoms with Crippen molar-refractivity contribution < 1.29 is 4.79 Å². The van der Waals surface area contributed by atoms with Crippen molar-refractivity contribution in [3.8, 4) is 5.82 Å². The van der Waals surface area contributed by atoms with Gasteiger partial charge in [-0.15, -0.1) is 10.2 Å². The van der Waals surface area contributed by atoms with Crippen LogP contribution in [0.2, 0.25) is 5.02 Å². The van der Waals surface area contributed by atoms with Gasteiger partial charge in [0.1, 0.15) is 0 Å². The molecule has 0 bridgehead atoms. The number of halogens is 1. The van der Waals surface area contributed by atoms with Gasteiger partial charge >= 0.3 is 0 Å². The van der Waals surface area contributed by atoms with Crippen LogP contribution in [0.1, 0.15) is 16.1 Å². The zero-order valence-corrected chi connectivity index (χ0v) is 16.3. The van der Waals surface area contributed by atoms with Gasteiger partial charge in [-0.05, 0) is 61.5 Å². The van der Waals surface area contributed by atoms with Gasteiger partial charge in [-0.2, -0.15) is 5.10 Å². The minimum absolute atomic E-state index is 0.258. The molecule has 0 aliphatic carbocycles. The summed E-state index contributed by atoms with van der Waals surface area (Å²) >= 11 is 6.06. The molecule has 0 fully saturated rings. The van der Waals surface area contributed by atoms with Gasteiger partial charge in [0.2, 0.25) is 0 Å². The van der Waals surface area contributed by atoms with Gasteiger partial charge in [0.25, 0.3) is 5.91 Å². The molecule has 0 spiro atoms. The van der Waals surface area contributed by atoms with Crippen LogP contribution in [0.15, 0.2) is 72.9 Å². The van der Waals surface area contributed by atoms with E-state index in [2.05, 4.69) is 25.9 Å². The van der Waals surface area contributed by atoms with Crippen molar-refractivity contribution in [2.75, 3.05) is 10.6 Å². The number of anilines is 3. The first kappa shape index (κ1) is 18.6. The van der Waals surface area contributed by atoms with Gasteiger partial charge in [0, 0.05) is 17.6 Å². The summed E-state index contributed by atoms with van der Waals surface area (Å²) in [5.74, 6) is 0.985. The van der Waals surface area contributed by atoms with Crippen molar-refractivity contribution in [2.24, 2.45) is 0 Å². The molecule has 4 rings (SSSR count). The minimum Gasteiger partial charge on any atom is -0.339 e. The first-order valence-corrected chi connectivity index (χ1v) is 9.26. The normalized spacial score (nSPS) is 10.6. The highest BCUT2D eigenvalue weighted by Crippen LogP contribution is 2.20. The summed E-state index contributed by atoms with van der Waals surface area (Å²) < 4.78 is 1.67. The number of hydrogen-bond donors (Lipinski definition) is 2. The Bertz CT molecular complexity index is 1140. The van der Waals surface area contributed by atoms with E-state index >= 15 is 0 Å². The van der Waals surface area contributed by atoms with Gasteiger partial charge in [0.15, 0.2) is 11.6 Å². The largest absolute Gasteiger partial charge is 0.339 e. The maximum Gasteiger partial charge on any atom is 0.257 e. The molecule has 4 aromatic rings. The molecule has 0 unspecified atom stereocenters. The Labute approximate surface area is 172 Å². The van der Waals surface area contributed by atoms with E-state index in [0.717, 1.165) is 11.4 Å². The first-order valence-electron chi connectivity index (χ1n) is 8.88. The molecule has 1 amide bonds. The number of nitrogens with zero attached hydrogens (tertiary/aromatic N) is 4. The molecule has 0 radical (unpaired) electrons. The van der Waals surface area contributed by atoms with Crippen molar-refractivity contribution >= 4 is 34.7 Å². The summed E-state index contributed by atoms with van der Waals surface area (Å²) in [6.07, 6.45) is 1.84. The Morgan fingerprint density at radius 3 is 2.34 bits per heavy atom. The summed E-state index contributed by atoms with van der Waals surface area (Å²) in [6.45, 7) is 1.92. The lowest BCUT2D eigenvalue weighted by atomic mass is 10.2. The predicted molar refractivity (Wildman–Crippen MR) is 113 cm³/mol. The lowest BCUT2D eigenvalue weighted by molar-refractivity contribution is 0.102. The van der Waals surface area contributed by atoms with E-state index in [4.69, 9.17) is 11.6 Å². The molecule has 0 atom stereocenters. The third-order valence-electron chi connectivity index (χ3n) is 4.14. The quantitative estimate of drug-likeness (QED) is 0.507. The van der Waals surface area contributed by atoms with Crippen molar-refractivity contribution in [2.45, 2.75) is 6.92 Å². The van der Waals surface area contributed by atoms with Crippen LogP contribution in [0.25, 0.3) is 5.82 Å². The fraction of sp³-hybridized carbons (Fsp3) is 0.0476. The average Bonchev–Trinajstić information content (AvgIpc) is 3.16. The lowest BCUT2D eigenvalue weighted by Gasteiger charge is -2.09. The number of aryl methyl sites for hydroxylation is 1. The Morgan fingerprint density at radius 2 is 1.69 bits per heavy atom. The van der Waals surface area contributed by atoms with Gasteiger partial charge in [0.05, 0.1) is 16.3 Å². The number of amides is 1. The molecule has 2 aromatic heterocycles. The van der Waals surface area contributed by atoms with Crippen LogP contribution in [0.4, 0.5) is 17.2 Å². The maximum absolute atomic E-state index is 12.3. The van der Waals surface area contributed by atoms with Gasteiger partial charge in [-0.3, -0.25) is 4.79 Å². The number of aromatic nitrogens is 4. The molecule has 2 aromatic carbocycles. The predicted octanol–water partition coefficient (Wildman–Crippen LogP) is 4.62. The average molecular weight is 405 g/mol. The van der Waals surface area contributed by atoms with E-state index in [1.807, 2.05) is 43.5 Å². The molecule has 7 nitrogen and oxygen atoms in total. The van der Waals surface area contributed by atoms with Crippen LogP contribution < -0.4 is 10.6 Å². The van der Waals surface area contributed by atoms with Crippen LogP contribution in [0.5, 0.6) is 0 Å². The van der Waals surface area contributed by atoms with Crippen LogP contribution >= 0.6 is 11.6 Å². The summed E-state index contributed by atoms with van der Waals surface area (Å²) in [5.41, 5.74) is 2.82. The topological polar surface area (TPSA) is 84.7 Å². The molecule has 0 saturated carbocycles. The molecule has 2 N–H and O–H groups in total. The third kappa shape index (κ3) is 4.41. The van der Waals surface area contributed by atoms with Crippen LogP contribution in [0.3, 0.4) is 0 Å². The lowest BCUT2D eigenvalue weighted by Crippen LogP contribution is -2.12. The SMILES string of the molecule is Cc1ccn(-c2ccc(Nc3ccc(NC(=O)c4ccccc4Cl)cc3)nn2)n1. The summed E-state index contributed by atoms with van der Waals surface area (Å²) in [6, 6.07) is 19.8. The highest BCUT2D eigenvalue weighted by atomic mass is 35.5. The van der Waals surface area contributed by atoms with Gasteiger partial charge in [-0.25, -0.2) is 4.68 Å². The second-order valence-corrected chi connectivity index (χ2v) is 6.72. The van der Waals surface area contributed by atoms with E-state index in [9.17, 15) is 4.79 Å². The van der Waals surface area contributed by atoms with Crippen LogP contribution in [-0.4, -0.2) is 25.9 Å². The highest BCUT2D eigenvalue weighted by molar-refractivity contribution is 6.34. The number of hydrogen-bond acceptors (Lipinski definition) is 5. The van der Waals surface area contributed by atoms with Crippen molar-refractivity contribution in [1.82, 2.24) is 20.0 Å². The fourth-order valence-corrected chi connectivity index (χ4v) is 2.91. The van der Waals surface area contributed by atoms with E-state index in [1.54, 1.807) is 41.1 Å². The molecule has 0 aliphatic heterocycles. The number of benzene rings is 2. The maximum atomic E-state index is 12.3. The second-order valence-electron chi connectivity index (χ2n) is 6.31. The Balaban J connectivity index is 1.40. The molecule has 2 heterocycles. The zero-order valence-electron chi connectivity index (χ0n) is 15.5. The molecule has 29 heavy (non-hydrogen) atoms. The van der Waals surface area contributed by atoms with Crippen molar-refractivity contribution in [3.63, 3.8) is 0 Å². The van der Waals surface area contributed by atoms with Crippen molar-refractivity contribution in [1.29, 1.82) is 0 Å². The molecule has 0 saturated heterocycles.